The Bertz CT molecular complexity index is 420. The zero-order chi connectivity index (χ0) is 17.6. The highest BCUT2D eigenvalue weighted by molar-refractivity contribution is 7.86. The average molecular weight is 348 g/mol. The van der Waals surface area contributed by atoms with E-state index in [4.69, 9.17) is 0 Å². The summed E-state index contributed by atoms with van der Waals surface area (Å²) in [6.07, 6.45) is 13.1. The van der Waals surface area contributed by atoms with E-state index in [0.29, 0.717) is 6.42 Å². The smallest absolute Gasteiger partial charge is 0.269 e. The second-order valence-electron chi connectivity index (χ2n) is 6.06. The maximum absolute atomic E-state index is 11.3. The Morgan fingerprint density at radius 1 is 1.04 bits per heavy atom. The molecule has 6 heteroatoms. The van der Waals surface area contributed by atoms with E-state index < -0.39 is 21.3 Å². The Kier molecular flexibility index (Phi) is 13.0. The van der Waals surface area contributed by atoms with Gasteiger partial charge in [0, 0.05) is 6.54 Å². The number of amides is 1. The molecule has 1 atom stereocenters. The number of unbranched alkanes of at least 4 members (excludes halogenated alkanes) is 9. The van der Waals surface area contributed by atoms with Crippen LogP contribution in [0.25, 0.3) is 0 Å². The fraction of sp³-hybridized carbons (Fsp3) is 0.824. The number of nitrogens with one attached hydrogen (secondary N) is 1. The first-order valence-corrected chi connectivity index (χ1v) is 10.3. The van der Waals surface area contributed by atoms with Crippen LogP contribution in [-0.2, 0) is 14.9 Å². The van der Waals surface area contributed by atoms with Crippen molar-refractivity contribution >= 4 is 16.0 Å². The molecule has 0 bridgehead atoms. The van der Waals surface area contributed by atoms with Crippen molar-refractivity contribution in [2.24, 2.45) is 0 Å². The van der Waals surface area contributed by atoms with Gasteiger partial charge in [0.05, 0.1) is 0 Å². The molecule has 0 aliphatic heterocycles. The van der Waals surface area contributed by atoms with Crippen LogP contribution in [0.3, 0.4) is 0 Å². The summed E-state index contributed by atoms with van der Waals surface area (Å²) < 4.78 is 31.8. The SMILES string of the molecule is C=CC(=O)NCC(CCCCCCCCCCCC)S(=O)(=O)O. The molecule has 0 spiro atoms. The van der Waals surface area contributed by atoms with Crippen molar-refractivity contribution in [1.82, 2.24) is 5.32 Å². The lowest BCUT2D eigenvalue weighted by molar-refractivity contribution is -0.116. The summed E-state index contributed by atoms with van der Waals surface area (Å²) in [4.78, 5) is 11.1. The van der Waals surface area contributed by atoms with Crippen molar-refractivity contribution in [3.05, 3.63) is 12.7 Å². The van der Waals surface area contributed by atoms with Gasteiger partial charge in [0.2, 0.25) is 5.91 Å². The lowest BCUT2D eigenvalue weighted by Gasteiger charge is -2.14. The topological polar surface area (TPSA) is 83.5 Å². The number of hydrogen-bond acceptors (Lipinski definition) is 3. The molecule has 1 amide bonds. The van der Waals surface area contributed by atoms with E-state index in [0.717, 1.165) is 25.3 Å². The van der Waals surface area contributed by atoms with Gasteiger partial charge in [-0.25, -0.2) is 0 Å². The Morgan fingerprint density at radius 3 is 1.96 bits per heavy atom. The standard InChI is InChI=1S/C17H33NO4S/c1-3-5-6-7-8-9-10-11-12-13-14-16(23(20,21)22)15-18-17(19)4-2/h4,16H,2-3,5-15H2,1H3,(H,18,19)(H,20,21,22). The highest BCUT2D eigenvalue weighted by Gasteiger charge is 2.22. The molecule has 0 aliphatic carbocycles. The summed E-state index contributed by atoms with van der Waals surface area (Å²) in [6, 6.07) is 0. The first kappa shape index (κ1) is 22.1. The Hall–Kier alpha value is -0.880. The van der Waals surface area contributed by atoms with Gasteiger partial charge in [0.1, 0.15) is 5.25 Å². The van der Waals surface area contributed by atoms with Gasteiger partial charge < -0.3 is 5.32 Å². The first-order chi connectivity index (χ1) is 10.9. The molecule has 0 aromatic carbocycles. The van der Waals surface area contributed by atoms with Gasteiger partial charge in [-0.15, -0.1) is 0 Å². The molecule has 136 valence electrons. The highest BCUT2D eigenvalue weighted by Crippen LogP contribution is 2.14. The van der Waals surface area contributed by atoms with E-state index in [2.05, 4.69) is 18.8 Å². The molecule has 5 nitrogen and oxygen atoms in total. The summed E-state index contributed by atoms with van der Waals surface area (Å²) in [5, 5.41) is 1.50. The molecule has 1 unspecified atom stereocenters. The minimum absolute atomic E-state index is 0.0683. The lowest BCUT2D eigenvalue weighted by Crippen LogP contribution is -2.35. The lowest BCUT2D eigenvalue weighted by atomic mass is 10.1. The molecular formula is C17H33NO4S. The molecule has 0 fully saturated rings. The van der Waals surface area contributed by atoms with Crippen LogP contribution in [0.15, 0.2) is 12.7 Å². The van der Waals surface area contributed by atoms with Gasteiger partial charge in [-0.3, -0.25) is 9.35 Å². The molecule has 0 heterocycles. The third-order valence-corrected chi connectivity index (χ3v) is 5.24. The number of carbonyl (C=O) groups is 1. The number of hydrogen-bond donors (Lipinski definition) is 2. The van der Waals surface area contributed by atoms with Gasteiger partial charge in [0.15, 0.2) is 0 Å². The summed E-state index contributed by atoms with van der Waals surface area (Å²) >= 11 is 0. The van der Waals surface area contributed by atoms with Crippen LogP contribution in [0.2, 0.25) is 0 Å². The van der Waals surface area contributed by atoms with Crippen LogP contribution in [0.4, 0.5) is 0 Å². The van der Waals surface area contributed by atoms with Crippen molar-refractivity contribution in [3.63, 3.8) is 0 Å². The van der Waals surface area contributed by atoms with E-state index in [9.17, 15) is 17.8 Å². The number of carbonyl (C=O) groups excluding carboxylic acids is 1. The number of rotatable bonds is 15. The summed E-state index contributed by atoms with van der Waals surface area (Å²) in [5.74, 6) is -0.429. The van der Waals surface area contributed by atoms with E-state index >= 15 is 0 Å². The third kappa shape index (κ3) is 13.3. The summed E-state index contributed by atoms with van der Waals surface area (Å²) in [6.45, 7) is 5.45. The van der Waals surface area contributed by atoms with E-state index in [1.807, 2.05) is 0 Å². The van der Waals surface area contributed by atoms with Gasteiger partial charge in [-0.1, -0.05) is 77.7 Å². The average Bonchev–Trinajstić information content (AvgIpc) is 2.50. The normalized spacial score (nSPS) is 12.8. The minimum Gasteiger partial charge on any atom is -0.351 e. The summed E-state index contributed by atoms with van der Waals surface area (Å²) in [5.41, 5.74) is 0. The maximum atomic E-state index is 11.3. The molecule has 0 aromatic heterocycles. The van der Waals surface area contributed by atoms with E-state index in [1.165, 1.54) is 44.9 Å². The monoisotopic (exact) mass is 347 g/mol. The molecule has 0 rings (SSSR count). The molecule has 23 heavy (non-hydrogen) atoms. The van der Waals surface area contributed by atoms with Crippen molar-refractivity contribution in [2.75, 3.05) is 6.54 Å². The quantitative estimate of drug-likeness (QED) is 0.268. The predicted octanol–water partition coefficient (Wildman–Crippen LogP) is 3.86. The van der Waals surface area contributed by atoms with Crippen molar-refractivity contribution in [2.45, 2.75) is 82.8 Å². The zero-order valence-electron chi connectivity index (χ0n) is 14.4. The summed E-state index contributed by atoms with van der Waals surface area (Å²) in [7, 11) is -4.13. The van der Waals surface area contributed by atoms with E-state index in [-0.39, 0.29) is 6.54 Å². The fourth-order valence-electron chi connectivity index (χ4n) is 2.50. The van der Waals surface area contributed by atoms with Crippen LogP contribution < -0.4 is 5.32 Å². The van der Waals surface area contributed by atoms with E-state index in [1.54, 1.807) is 0 Å². The molecule has 0 saturated heterocycles. The van der Waals surface area contributed by atoms with Gasteiger partial charge >= 0.3 is 0 Å². The minimum atomic E-state index is -4.13. The van der Waals surface area contributed by atoms with Gasteiger partial charge in [0.25, 0.3) is 10.1 Å². The third-order valence-electron chi connectivity index (χ3n) is 3.99. The Balaban J connectivity index is 3.75. The molecular weight excluding hydrogens is 314 g/mol. The van der Waals surface area contributed by atoms with Crippen LogP contribution in [0.1, 0.15) is 77.6 Å². The van der Waals surface area contributed by atoms with Crippen molar-refractivity contribution in [1.29, 1.82) is 0 Å². The maximum Gasteiger partial charge on any atom is 0.269 e. The first-order valence-electron chi connectivity index (χ1n) is 8.78. The molecule has 2 N–H and O–H groups in total. The Morgan fingerprint density at radius 2 is 1.52 bits per heavy atom. The van der Waals surface area contributed by atoms with Crippen LogP contribution >= 0.6 is 0 Å². The van der Waals surface area contributed by atoms with Crippen molar-refractivity contribution in [3.8, 4) is 0 Å². The zero-order valence-corrected chi connectivity index (χ0v) is 15.2. The molecule has 0 aliphatic rings. The highest BCUT2D eigenvalue weighted by atomic mass is 32.2. The van der Waals surface area contributed by atoms with Gasteiger partial charge in [-0.2, -0.15) is 8.42 Å². The van der Waals surface area contributed by atoms with Gasteiger partial charge in [-0.05, 0) is 12.5 Å². The molecule has 0 aromatic rings. The second-order valence-corrected chi connectivity index (χ2v) is 7.75. The van der Waals surface area contributed by atoms with Crippen LogP contribution in [0.5, 0.6) is 0 Å². The van der Waals surface area contributed by atoms with Crippen molar-refractivity contribution < 1.29 is 17.8 Å². The predicted molar refractivity (Wildman–Crippen MR) is 95.0 cm³/mol. The second kappa shape index (κ2) is 13.5. The molecule has 0 radical (unpaired) electrons. The fourth-order valence-corrected chi connectivity index (χ4v) is 3.26. The Labute approximate surface area is 141 Å². The van der Waals surface area contributed by atoms with Crippen LogP contribution in [-0.4, -0.2) is 30.7 Å². The van der Waals surface area contributed by atoms with Crippen LogP contribution in [0, 0.1) is 0 Å². The largest absolute Gasteiger partial charge is 0.351 e. The molecule has 0 saturated carbocycles.